The van der Waals surface area contributed by atoms with Gasteiger partial charge in [-0.1, -0.05) is 46.9 Å². The molecule has 0 radical (unpaired) electrons. The zero-order chi connectivity index (χ0) is 10.5. The van der Waals surface area contributed by atoms with Crippen LogP contribution >= 0.6 is 22.6 Å². The fourth-order valence-electron chi connectivity index (χ4n) is 2.18. The van der Waals surface area contributed by atoms with E-state index < -0.39 is 0 Å². The summed E-state index contributed by atoms with van der Waals surface area (Å²) in [5.74, 6) is 0. The average Bonchev–Trinajstić information content (AvgIpc) is 2.31. The van der Waals surface area contributed by atoms with E-state index in [0.717, 1.165) is 0 Å². The predicted molar refractivity (Wildman–Crippen MR) is 74.6 cm³/mol. The van der Waals surface area contributed by atoms with Crippen LogP contribution in [0.1, 0.15) is 19.3 Å². The van der Waals surface area contributed by atoms with Gasteiger partial charge in [0.15, 0.2) is 0 Å². The molecule has 0 aliphatic carbocycles. The van der Waals surface area contributed by atoms with Gasteiger partial charge in [-0.2, -0.15) is 0 Å². The van der Waals surface area contributed by atoms with E-state index in [-0.39, 0.29) is 0 Å². The number of halogens is 1. The summed E-state index contributed by atoms with van der Waals surface area (Å²) in [4.78, 5) is 2.51. The van der Waals surface area contributed by atoms with Crippen molar-refractivity contribution in [1.29, 1.82) is 0 Å². The Bertz CT molecular complexity index is 321. The number of anilines is 1. The van der Waals surface area contributed by atoms with E-state index in [4.69, 9.17) is 0 Å². The molecule has 0 aromatic heterocycles. The van der Waals surface area contributed by atoms with Crippen LogP contribution in [-0.2, 0) is 0 Å². The molecule has 1 saturated heterocycles. The van der Waals surface area contributed by atoms with Gasteiger partial charge in [0.2, 0.25) is 0 Å². The Morgan fingerprint density at radius 1 is 1.20 bits per heavy atom. The summed E-state index contributed by atoms with van der Waals surface area (Å²) in [5, 5.41) is 0. The Balaban J connectivity index is 2.18. The van der Waals surface area contributed by atoms with Crippen LogP contribution in [0, 0.1) is 0 Å². The molecule has 1 nitrogen and oxygen atoms in total. The van der Waals surface area contributed by atoms with Crippen LogP contribution in [0.5, 0.6) is 0 Å². The van der Waals surface area contributed by atoms with Crippen molar-refractivity contribution in [3.63, 3.8) is 0 Å². The van der Waals surface area contributed by atoms with E-state index in [1.54, 1.807) is 0 Å². The van der Waals surface area contributed by atoms with Crippen molar-refractivity contribution in [1.82, 2.24) is 0 Å². The summed E-state index contributed by atoms with van der Waals surface area (Å²) in [5.41, 5.74) is 1.36. The van der Waals surface area contributed by atoms with E-state index in [1.807, 2.05) is 0 Å². The van der Waals surface area contributed by atoms with Gasteiger partial charge in [0, 0.05) is 18.3 Å². The van der Waals surface area contributed by atoms with Crippen LogP contribution in [0.4, 0.5) is 5.69 Å². The first-order valence-corrected chi connectivity index (χ1v) is 6.75. The second-order valence-electron chi connectivity index (χ2n) is 3.91. The first kappa shape index (κ1) is 11.0. The highest BCUT2D eigenvalue weighted by atomic mass is 127. The van der Waals surface area contributed by atoms with Gasteiger partial charge in [0.05, 0.1) is 0 Å². The Morgan fingerprint density at radius 2 is 2.00 bits per heavy atom. The summed E-state index contributed by atoms with van der Waals surface area (Å²) in [7, 11) is 0. The molecular formula is C13H16IN. The topological polar surface area (TPSA) is 3.24 Å². The van der Waals surface area contributed by atoms with Crippen molar-refractivity contribution < 1.29 is 0 Å². The molecule has 1 heterocycles. The van der Waals surface area contributed by atoms with Crippen molar-refractivity contribution >= 4 is 28.3 Å². The molecule has 0 spiro atoms. The molecule has 0 N–H and O–H groups in total. The molecule has 1 aromatic rings. The molecule has 1 atom stereocenters. The summed E-state index contributed by atoms with van der Waals surface area (Å²) in [6.45, 7) is 1.19. The summed E-state index contributed by atoms with van der Waals surface area (Å²) >= 11 is 2.31. The van der Waals surface area contributed by atoms with Crippen molar-refractivity contribution in [2.24, 2.45) is 0 Å². The first-order chi connectivity index (χ1) is 7.42. The van der Waals surface area contributed by atoms with Gasteiger partial charge >= 0.3 is 0 Å². The monoisotopic (exact) mass is 313 g/mol. The van der Waals surface area contributed by atoms with E-state index in [2.05, 4.69) is 68.0 Å². The minimum Gasteiger partial charge on any atom is -0.365 e. The number of rotatable bonds is 2. The zero-order valence-electron chi connectivity index (χ0n) is 8.77. The molecular weight excluding hydrogens is 297 g/mol. The van der Waals surface area contributed by atoms with Gasteiger partial charge in [-0.15, -0.1) is 0 Å². The van der Waals surface area contributed by atoms with Crippen LogP contribution in [0.3, 0.4) is 0 Å². The molecule has 1 aliphatic rings. The van der Waals surface area contributed by atoms with Gasteiger partial charge in [-0.25, -0.2) is 0 Å². The van der Waals surface area contributed by atoms with Crippen LogP contribution in [0.2, 0.25) is 0 Å². The molecule has 1 aliphatic heterocycles. The Morgan fingerprint density at radius 3 is 2.73 bits per heavy atom. The summed E-state index contributed by atoms with van der Waals surface area (Å²) in [6, 6.07) is 11.3. The maximum atomic E-state index is 2.51. The fourth-order valence-corrected chi connectivity index (χ4v) is 2.66. The minimum absolute atomic E-state index is 0.595. The highest BCUT2D eigenvalue weighted by Gasteiger charge is 2.19. The second kappa shape index (κ2) is 5.54. The lowest BCUT2D eigenvalue weighted by Crippen LogP contribution is -2.38. The van der Waals surface area contributed by atoms with Crippen molar-refractivity contribution in [3.8, 4) is 0 Å². The highest BCUT2D eigenvalue weighted by molar-refractivity contribution is 14.1. The summed E-state index contributed by atoms with van der Waals surface area (Å²) < 4.78 is 2.14. The van der Waals surface area contributed by atoms with Gasteiger partial charge in [-0.3, -0.25) is 0 Å². The number of para-hydroxylation sites is 1. The van der Waals surface area contributed by atoms with Gasteiger partial charge < -0.3 is 4.90 Å². The van der Waals surface area contributed by atoms with Crippen molar-refractivity contribution in [2.75, 3.05) is 11.4 Å². The SMILES string of the molecule is IC=CC1CCCCN1c1ccccc1. The molecule has 1 unspecified atom stereocenters. The first-order valence-electron chi connectivity index (χ1n) is 5.50. The number of benzene rings is 1. The quantitative estimate of drug-likeness (QED) is 0.746. The Kier molecular flexibility index (Phi) is 4.06. The second-order valence-corrected chi connectivity index (χ2v) is 4.63. The molecule has 0 amide bonds. The predicted octanol–water partition coefficient (Wildman–Crippen LogP) is 3.99. The maximum absolute atomic E-state index is 2.51. The lowest BCUT2D eigenvalue weighted by molar-refractivity contribution is 0.515. The molecule has 0 bridgehead atoms. The molecule has 2 rings (SSSR count). The third-order valence-electron chi connectivity index (χ3n) is 2.93. The largest absolute Gasteiger partial charge is 0.365 e. The number of hydrogen-bond donors (Lipinski definition) is 0. The molecule has 15 heavy (non-hydrogen) atoms. The lowest BCUT2D eigenvalue weighted by Gasteiger charge is -2.35. The Labute approximate surface area is 105 Å². The minimum atomic E-state index is 0.595. The normalized spacial score (nSPS) is 22.2. The third-order valence-corrected chi connectivity index (χ3v) is 3.35. The van der Waals surface area contributed by atoms with Crippen molar-refractivity contribution in [2.45, 2.75) is 25.3 Å². The molecule has 0 saturated carbocycles. The average molecular weight is 313 g/mol. The van der Waals surface area contributed by atoms with Crippen LogP contribution in [0.15, 0.2) is 40.5 Å². The molecule has 2 heteroatoms. The van der Waals surface area contributed by atoms with Crippen LogP contribution in [0.25, 0.3) is 0 Å². The van der Waals surface area contributed by atoms with Crippen molar-refractivity contribution in [3.05, 3.63) is 40.5 Å². The lowest BCUT2D eigenvalue weighted by atomic mass is 10.0. The molecule has 1 aromatic carbocycles. The van der Waals surface area contributed by atoms with E-state index >= 15 is 0 Å². The van der Waals surface area contributed by atoms with Crippen LogP contribution in [-0.4, -0.2) is 12.6 Å². The zero-order valence-corrected chi connectivity index (χ0v) is 10.9. The molecule has 80 valence electrons. The maximum Gasteiger partial charge on any atom is 0.0480 e. The van der Waals surface area contributed by atoms with Gasteiger partial charge in [0.25, 0.3) is 0 Å². The van der Waals surface area contributed by atoms with E-state index in [9.17, 15) is 0 Å². The highest BCUT2D eigenvalue weighted by Crippen LogP contribution is 2.25. The van der Waals surface area contributed by atoms with E-state index in [1.165, 1.54) is 31.5 Å². The van der Waals surface area contributed by atoms with Gasteiger partial charge in [-0.05, 0) is 35.5 Å². The smallest absolute Gasteiger partial charge is 0.0480 e. The number of nitrogens with zero attached hydrogens (tertiary/aromatic N) is 1. The number of piperidine rings is 1. The number of hydrogen-bond acceptors (Lipinski definition) is 1. The summed E-state index contributed by atoms with van der Waals surface area (Å²) in [6.07, 6.45) is 6.27. The standard InChI is InChI=1S/C13H16IN/c14-10-9-13-8-4-5-11-15(13)12-6-2-1-3-7-12/h1-3,6-7,9-10,13H,4-5,8,11H2. The fraction of sp³-hybridized carbons (Fsp3) is 0.385. The van der Waals surface area contributed by atoms with Gasteiger partial charge in [0.1, 0.15) is 0 Å². The Hall–Kier alpha value is -0.510. The van der Waals surface area contributed by atoms with E-state index in [0.29, 0.717) is 6.04 Å². The van der Waals surface area contributed by atoms with Crippen LogP contribution < -0.4 is 4.90 Å². The molecule has 1 fully saturated rings. The third kappa shape index (κ3) is 2.74.